The number of amides is 1. The van der Waals surface area contributed by atoms with Crippen molar-refractivity contribution in [1.29, 1.82) is 0 Å². The standard InChI is InChI=1S/C10H18N2O4/c1-3-11-8-4-7(9(13)14)5-12(6-8)10(15)16-2/h7-8,11H,3-6H2,1-2H3,(H,13,14). The molecular formula is C10H18N2O4. The number of aliphatic carboxylic acids is 1. The molecule has 92 valence electrons. The third-order valence-corrected chi connectivity index (χ3v) is 2.73. The van der Waals surface area contributed by atoms with Crippen molar-refractivity contribution in [2.75, 3.05) is 26.7 Å². The van der Waals surface area contributed by atoms with Crippen LogP contribution >= 0.6 is 0 Å². The number of methoxy groups -OCH3 is 1. The Labute approximate surface area is 94.6 Å². The highest BCUT2D eigenvalue weighted by molar-refractivity contribution is 5.73. The molecule has 0 spiro atoms. The van der Waals surface area contributed by atoms with E-state index in [1.807, 2.05) is 6.92 Å². The maximum Gasteiger partial charge on any atom is 0.409 e. The molecule has 2 N–H and O–H groups in total. The van der Waals surface area contributed by atoms with E-state index in [1.165, 1.54) is 12.0 Å². The number of carbonyl (C=O) groups is 2. The van der Waals surface area contributed by atoms with Gasteiger partial charge in [-0.15, -0.1) is 0 Å². The van der Waals surface area contributed by atoms with E-state index in [4.69, 9.17) is 5.11 Å². The summed E-state index contributed by atoms with van der Waals surface area (Å²) in [6, 6.07) is 0.0268. The van der Waals surface area contributed by atoms with Gasteiger partial charge in [0.1, 0.15) is 0 Å². The third kappa shape index (κ3) is 3.10. The maximum absolute atomic E-state index is 11.4. The summed E-state index contributed by atoms with van der Waals surface area (Å²) in [7, 11) is 1.30. The zero-order valence-electron chi connectivity index (χ0n) is 9.60. The van der Waals surface area contributed by atoms with Gasteiger partial charge in [0.05, 0.1) is 13.0 Å². The Morgan fingerprint density at radius 1 is 1.50 bits per heavy atom. The summed E-state index contributed by atoms with van der Waals surface area (Å²) in [6.45, 7) is 3.44. The lowest BCUT2D eigenvalue weighted by Gasteiger charge is -2.35. The number of carboxylic acid groups (broad SMARTS) is 1. The lowest BCUT2D eigenvalue weighted by Crippen LogP contribution is -2.52. The van der Waals surface area contributed by atoms with Crippen molar-refractivity contribution in [3.63, 3.8) is 0 Å². The molecule has 0 aromatic carbocycles. The topological polar surface area (TPSA) is 78.9 Å². The lowest BCUT2D eigenvalue weighted by atomic mass is 9.94. The van der Waals surface area contributed by atoms with E-state index in [0.717, 1.165) is 6.54 Å². The number of carbonyl (C=O) groups excluding carboxylic acids is 1. The average Bonchev–Trinajstić information content (AvgIpc) is 2.28. The fourth-order valence-corrected chi connectivity index (χ4v) is 1.99. The minimum Gasteiger partial charge on any atom is -0.481 e. The Bertz CT molecular complexity index is 270. The molecule has 1 fully saturated rings. The number of ether oxygens (including phenoxy) is 1. The van der Waals surface area contributed by atoms with Crippen molar-refractivity contribution in [1.82, 2.24) is 10.2 Å². The van der Waals surface area contributed by atoms with Gasteiger partial charge in [-0.2, -0.15) is 0 Å². The highest BCUT2D eigenvalue weighted by atomic mass is 16.5. The van der Waals surface area contributed by atoms with Crippen LogP contribution < -0.4 is 5.32 Å². The monoisotopic (exact) mass is 230 g/mol. The van der Waals surface area contributed by atoms with Crippen molar-refractivity contribution < 1.29 is 19.4 Å². The Kier molecular flexibility index (Phi) is 4.54. The van der Waals surface area contributed by atoms with Crippen LogP contribution in [0.25, 0.3) is 0 Å². The van der Waals surface area contributed by atoms with Gasteiger partial charge in [0.15, 0.2) is 0 Å². The van der Waals surface area contributed by atoms with Crippen LogP contribution in [0.2, 0.25) is 0 Å². The van der Waals surface area contributed by atoms with Crippen molar-refractivity contribution in [3.8, 4) is 0 Å². The molecule has 6 nitrogen and oxygen atoms in total. The minimum atomic E-state index is -0.864. The second kappa shape index (κ2) is 5.69. The first kappa shape index (κ1) is 12.8. The molecule has 2 atom stereocenters. The molecule has 0 aromatic rings. The summed E-state index contributed by atoms with van der Waals surface area (Å²) >= 11 is 0. The Hall–Kier alpha value is -1.30. The van der Waals surface area contributed by atoms with Gasteiger partial charge in [-0.1, -0.05) is 6.92 Å². The fraction of sp³-hybridized carbons (Fsp3) is 0.800. The number of hydrogen-bond acceptors (Lipinski definition) is 4. The molecule has 1 rings (SSSR count). The molecule has 0 aromatic heterocycles. The van der Waals surface area contributed by atoms with Crippen LogP contribution in [0.1, 0.15) is 13.3 Å². The number of piperidine rings is 1. The first-order valence-electron chi connectivity index (χ1n) is 5.37. The molecule has 16 heavy (non-hydrogen) atoms. The van der Waals surface area contributed by atoms with Crippen LogP contribution in [0.3, 0.4) is 0 Å². The number of hydrogen-bond donors (Lipinski definition) is 2. The fourth-order valence-electron chi connectivity index (χ4n) is 1.99. The van der Waals surface area contributed by atoms with Crippen LogP contribution in [0, 0.1) is 5.92 Å². The number of carboxylic acids is 1. The smallest absolute Gasteiger partial charge is 0.409 e. The van der Waals surface area contributed by atoms with E-state index >= 15 is 0 Å². The molecule has 1 aliphatic heterocycles. The van der Waals surface area contributed by atoms with Gasteiger partial charge in [-0.3, -0.25) is 4.79 Å². The second-order valence-corrected chi connectivity index (χ2v) is 3.90. The van der Waals surface area contributed by atoms with Gasteiger partial charge in [0.25, 0.3) is 0 Å². The van der Waals surface area contributed by atoms with E-state index in [2.05, 4.69) is 10.1 Å². The number of nitrogens with one attached hydrogen (secondary N) is 1. The van der Waals surface area contributed by atoms with Crippen LogP contribution in [0.5, 0.6) is 0 Å². The van der Waals surface area contributed by atoms with E-state index in [-0.39, 0.29) is 12.6 Å². The predicted molar refractivity (Wildman–Crippen MR) is 57.2 cm³/mol. The zero-order chi connectivity index (χ0) is 12.1. The van der Waals surface area contributed by atoms with Crippen LogP contribution in [-0.2, 0) is 9.53 Å². The molecule has 0 radical (unpaired) electrons. The number of likely N-dealkylation sites (tertiary alicyclic amines) is 1. The lowest BCUT2D eigenvalue weighted by molar-refractivity contribution is -0.143. The highest BCUT2D eigenvalue weighted by Gasteiger charge is 2.33. The minimum absolute atomic E-state index is 0.0268. The molecular weight excluding hydrogens is 212 g/mol. The van der Waals surface area contributed by atoms with Gasteiger partial charge in [0, 0.05) is 19.1 Å². The Morgan fingerprint density at radius 2 is 2.19 bits per heavy atom. The summed E-state index contributed by atoms with van der Waals surface area (Å²) < 4.78 is 4.61. The summed E-state index contributed by atoms with van der Waals surface area (Å²) in [5.74, 6) is -1.38. The number of nitrogens with zero attached hydrogens (tertiary/aromatic N) is 1. The van der Waals surface area contributed by atoms with Crippen molar-refractivity contribution in [3.05, 3.63) is 0 Å². The second-order valence-electron chi connectivity index (χ2n) is 3.90. The number of rotatable bonds is 3. The Balaban J connectivity index is 2.66. The normalized spacial score (nSPS) is 25.2. The van der Waals surface area contributed by atoms with E-state index in [9.17, 15) is 9.59 Å². The third-order valence-electron chi connectivity index (χ3n) is 2.73. The first-order chi connectivity index (χ1) is 7.58. The van der Waals surface area contributed by atoms with Gasteiger partial charge >= 0.3 is 12.1 Å². The van der Waals surface area contributed by atoms with Crippen LogP contribution in [-0.4, -0.2) is 54.9 Å². The van der Waals surface area contributed by atoms with Crippen molar-refractivity contribution in [2.45, 2.75) is 19.4 Å². The molecule has 1 saturated heterocycles. The van der Waals surface area contributed by atoms with Gasteiger partial charge < -0.3 is 20.1 Å². The largest absolute Gasteiger partial charge is 0.481 e. The van der Waals surface area contributed by atoms with E-state index in [1.54, 1.807) is 0 Å². The molecule has 0 bridgehead atoms. The summed E-state index contributed by atoms with van der Waals surface area (Å²) in [4.78, 5) is 23.8. The van der Waals surface area contributed by atoms with Crippen LogP contribution in [0.15, 0.2) is 0 Å². The summed E-state index contributed by atoms with van der Waals surface area (Å²) in [5, 5.41) is 12.2. The maximum atomic E-state index is 11.4. The Morgan fingerprint density at radius 3 is 2.69 bits per heavy atom. The molecule has 2 unspecified atom stereocenters. The molecule has 1 amide bonds. The SMILES string of the molecule is CCNC1CC(C(=O)O)CN(C(=O)OC)C1. The van der Waals surface area contributed by atoms with Crippen LogP contribution in [0.4, 0.5) is 4.79 Å². The van der Waals surface area contributed by atoms with Crippen molar-refractivity contribution in [2.24, 2.45) is 5.92 Å². The number of likely N-dealkylation sites (N-methyl/N-ethyl adjacent to an activating group) is 1. The first-order valence-corrected chi connectivity index (χ1v) is 5.37. The molecule has 0 aliphatic carbocycles. The van der Waals surface area contributed by atoms with Crippen molar-refractivity contribution >= 4 is 12.1 Å². The summed E-state index contributed by atoms with van der Waals surface area (Å²) in [6.07, 6.45) is 0.0882. The van der Waals surface area contributed by atoms with E-state index < -0.39 is 18.0 Å². The molecule has 1 aliphatic rings. The summed E-state index contributed by atoms with van der Waals surface area (Å²) in [5.41, 5.74) is 0. The molecule has 0 saturated carbocycles. The molecule has 1 heterocycles. The quantitative estimate of drug-likeness (QED) is 0.721. The van der Waals surface area contributed by atoms with Gasteiger partial charge in [-0.05, 0) is 13.0 Å². The van der Waals surface area contributed by atoms with Gasteiger partial charge in [0.2, 0.25) is 0 Å². The van der Waals surface area contributed by atoms with E-state index in [0.29, 0.717) is 13.0 Å². The molecule has 6 heteroatoms. The van der Waals surface area contributed by atoms with Gasteiger partial charge in [-0.25, -0.2) is 4.79 Å². The average molecular weight is 230 g/mol. The predicted octanol–water partition coefficient (Wildman–Crippen LogP) is 0.137. The highest BCUT2D eigenvalue weighted by Crippen LogP contribution is 2.17. The zero-order valence-corrected chi connectivity index (χ0v) is 9.60.